The summed E-state index contributed by atoms with van der Waals surface area (Å²) < 4.78 is 7.43. The first-order valence-electron chi connectivity index (χ1n) is 8.80. The number of rotatable bonds is 6. The molecule has 0 aliphatic rings. The van der Waals surface area contributed by atoms with Gasteiger partial charge in [0, 0.05) is 30.8 Å². The van der Waals surface area contributed by atoms with Crippen molar-refractivity contribution < 1.29 is 9.52 Å². The molecule has 1 atom stereocenters. The van der Waals surface area contributed by atoms with Gasteiger partial charge in [0.1, 0.15) is 17.9 Å². The van der Waals surface area contributed by atoms with E-state index in [2.05, 4.69) is 46.5 Å². The molecule has 0 saturated carbocycles. The normalized spacial score (nSPS) is 15.0. The summed E-state index contributed by atoms with van der Waals surface area (Å²) in [4.78, 5) is 8.77. The average Bonchev–Trinajstić information content (AvgIpc) is 3.19. The minimum absolute atomic E-state index is 0.0832. The molecule has 0 amide bonds. The second-order valence-electron chi connectivity index (χ2n) is 7.59. The van der Waals surface area contributed by atoms with E-state index in [9.17, 15) is 5.11 Å². The molecule has 8 nitrogen and oxygen atoms in total. The van der Waals surface area contributed by atoms with Gasteiger partial charge in [0.15, 0.2) is 5.96 Å². The summed E-state index contributed by atoms with van der Waals surface area (Å²) in [6, 6.07) is 0. The molecule has 26 heavy (non-hydrogen) atoms. The Morgan fingerprint density at radius 1 is 1.27 bits per heavy atom. The Bertz CT molecular complexity index is 739. The predicted molar refractivity (Wildman–Crippen MR) is 101 cm³/mol. The summed E-state index contributed by atoms with van der Waals surface area (Å²) in [5.74, 6) is 1.98. The van der Waals surface area contributed by atoms with Crippen LogP contribution in [0.25, 0.3) is 0 Å². The molecule has 0 aromatic carbocycles. The molecule has 3 N–H and O–H groups in total. The zero-order valence-corrected chi connectivity index (χ0v) is 16.5. The van der Waals surface area contributed by atoms with Gasteiger partial charge in [0.05, 0.1) is 18.9 Å². The van der Waals surface area contributed by atoms with Crippen molar-refractivity contribution in [3.8, 4) is 0 Å². The second-order valence-corrected chi connectivity index (χ2v) is 7.59. The van der Waals surface area contributed by atoms with E-state index in [0.29, 0.717) is 31.5 Å². The van der Waals surface area contributed by atoms with E-state index < -0.39 is 5.60 Å². The Labute approximate surface area is 154 Å². The number of oxazole rings is 1. The third kappa shape index (κ3) is 5.32. The monoisotopic (exact) mass is 362 g/mol. The molecule has 0 spiro atoms. The van der Waals surface area contributed by atoms with E-state index >= 15 is 0 Å². The maximum Gasteiger partial charge on any atom is 0.216 e. The van der Waals surface area contributed by atoms with Gasteiger partial charge in [-0.3, -0.25) is 4.68 Å². The SMILES string of the molecule is CCNC(=NCc1ncc(C(C)(C)C)o1)NCC(C)(O)c1cnn(C)c1. The van der Waals surface area contributed by atoms with Gasteiger partial charge >= 0.3 is 0 Å². The minimum atomic E-state index is -1.06. The van der Waals surface area contributed by atoms with Gasteiger partial charge in [-0.05, 0) is 13.8 Å². The van der Waals surface area contributed by atoms with Crippen LogP contribution in [0.15, 0.2) is 28.0 Å². The van der Waals surface area contributed by atoms with E-state index in [0.717, 1.165) is 11.3 Å². The van der Waals surface area contributed by atoms with Gasteiger partial charge in [-0.2, -0.15) is 5.10 Å². The molecule has 2 aromatic heterocycles. The van der Waals surface area contributed by atoms with E-state index in [4.69, 9.17) is 4.42 Å². The molecule has 0 fully saturated rings. The van der Waals surface area contributed by atoms with Crippen LogP contribution in [0.3, 0.4) is 0 Å². The second kappa shape index (κ2) is 7.90. The van der Waals surface area contributed by atoms with Gasteiger partial charge in [-0.15, -0.1) is 0 Å². The highest BCUT2D eigenvalue weighted by atomic mass is 16.4. The first-order valence-corrected chi connectivity index (χ1v) is 8.80. The van der Waals surface area contributed by atoms with Crippen molar-refractivity contribution in [2.24, 2.45) is 12.0 Å². The maximum absolute atomic E-state index is 10.7. The summed E-state index contributed by atoms with van der Waals surface area (Å²) in [6.45, 7) is 11.3. The molecule has 1 unspecified atom stereocenters. The lowest BCUT2D eigenvalue weighted by Gasteiger charge is -2.23. The molecule has 2 heterocycles. The number of hydrogen-bond acceptors (Lipinski definition) is 5. The van der Waals surface area contributed by atoms with Crippen LogP contribution in [-0.4, -0.2) is 38.9 Å². The first kappa shape index (κ1) is 20.0. The van der Waals surface area contributed by atoms with Crippen molar-refractivity contribution in [2.75, 3.05) is 13.1 Å². The molecule has 0 bridgehead atoms. The highest BCUT2D eigenvalue weighted by Gasteiger charge is 2.25. The van der Waals surface area contributed by atoms with Gasteiger partial charge in [-0.25, -0.2) is 9.98 Å². The number of aliphatic hydroxyl groups is 1. The fraction of sp³-hybridized carbons (Fsp3) is 0.611. The van der Waals surface area contributed by atoms with Gasteiger partial charge in [0.2, 0.25) is 5.89 Å². The van der Waals surface area contributed by atoms with Crippen LogP contribution in [0, 0.1) is 0 Å². The van der Waals surface area contributed by atoms with Crippen molar-refractivity contribution in [2.45, 2.75) is 52.2 Å². The molecular formula is C18H30N6O2. The number of nitrogens with zero attached hydrogens (tertiary/aromatic N) is 4. The summed E-state index contributed by atoms with van der Waals surface area (Å²) in [7, 11) is 1.82. The van der Waals surface area contributed by atoms with E-state index in [-0.39, 0.29) is 5.41 Å². The van der Waals surface area contributed by atoms with Crippen molar-refractivity contribution >= 4 is 5.96 Å². The summed E-state index contributed by atoms with van der Waals surface area (Å²) in [5, 5.41) is 21.1. The van der Waals surface area contributed by atoms with Crippen molar-refractivity contribution in [3.05, 3.63) is 35.8 Å². The van der Waals surface area contributed by atoms with Crippen LogP contribution in [0.5, 0.6) is 0 Å². The van der Waals surface area contributed by atoms with Crippen LogP contribution < -0.4 is 10.6 Å². The zero-order chi connectivity index (χ0) is 19.4. The lowest BCUT2D eigenvalue weighted by atomic mass is 9.94. The Morgan fingerprint density at radius 2 is 2.00 bits per heavy atom. The fourth-order valence-corrected chi connectivity index (χ4v) is 2.28. The third-order valence-corrected chi connectivity index (χ3v) is 3.94. The summed E-state index contributed by atoms with van der Waals surface area (Å²) >= 11 is 0. The lowest BCUT2D eigenvalue weighted by molar-refractivity contribution is 0.0616. The van der Waals surface area contributed by atoms with Gasteiger partial charge in [0.25, 0.3) is 0 Å². The highest BCUT2D eigenvalue weighted by molar-refractivity contribution is 5.79. The third-order valence-electron chi connectivity index (χ3n) is 3.94. The van der Waals surface area contributed by atoms with Crippen LogP contribution in [0.4, 0.5) is 0 Å². The van der Waals surface area contributed by atoms with E-state index in [1.165, 1.54) is 0 Å². The molecule has 2 aromatic rings. The largest absolute Gasteiger partial charge is 0.443 e. The number of aliphatic imine (C=N–C) groups is 1. The molecule has 0 saturated heterocycles. The Kier molecular flexibility index (Phi) is 6.07. The highest BCUT2D eigenvalue weighted by Crippen LogP contribution is 2.23. The zero-order valence-electron chi connectivity index (χ0n) is 16.5. The molecular weight excluding hydrogens is 332 g/mol. The number of guanidine groups is 1. The molecule has 8 heteroatoms. The number of aryl methyl sites for hydroxylation is 1. The van der Waals surface area contributed by atoms with Crippen LogP contribution >= 0.6 is 0 Å². The fourth-order valence-electron chi connectivity index (χ4n) is 2.28. The molecule has 144 valence electrons. The quantitative estimate of drug-likeness (QED) is 0.534. The predicted octanol–water partition coefficient (Wildman–Crippen LogP) is 1.67. The van der Waals surface area contributed by atoms with Crippen molar-refractivity contribution in [1.29, 1.82) is 0 Å². The van der Waals surface area contributed by atoms with E-state index in [1.807, 2.05) is 14.0 Å². The molecule has 0 radical (unpaired) electrons. The van der Waals surface area contributed by atoms with Crippen LogP contribution in [0.1, 0.15) is 51.8 Å². The topological polar surface area (TPSA) is 100 Å². The minimum Gasteiger partial charge on any atom is -0.443 e. The van der Waals surface area contributed by atoms with Crippen molar-refractivity contribution in [3.63, 3.8) is 0 Å². The summed E-state index contributed by atoms with van der Waals surface area (Å²) in [6.07, 6.45) is 5.21. The maximum atomic E-state index is 10.7. The number of nitrogens with one attached hydrogen (secondary N) is 2. The van der Waals surface area contributed by atoms with Crippen molar-refractivity contribution in [1.82, 2.24) is 25.4 Å². The van der Waals surface area contributed by atoms with Gasteiger partial charge < -0.3 is 20.2 Å². The number of hydrogen-bond donors (Lipinski definition) is 3. The van der Waals surface area contributed by atoms with Gasteiger partial charge in [-0.1, -0.05) is 20.8 Å². The molecule has 2 rings (SSSR count). The first-order chi connectivity index (χ1) is 12.1. The molecule has 0 aliphatic heterocycles. The lowest BCUT2D eigenvalue weighted by Crippen LogP contribution is -2.44. The molecule has 0 aliphatic carbocycles. The Morgan fingerprint density at radius 3 is 2.54 bits per heavy atom. The Hall–Kier alpha value is -2.35. The van der Waals surface area contributed by atoms with E-state index in [1.54, 1.807) is 30.2 Å². The van der Waals surface area contributed by atoms with Crippen LogP contribution in [0.2, 0.25) is 0 Å². The average molecular weight is 362 g/mol. The standard InChI is InChI=1S/C18H30N6O2/c1-7-19-16(21-10-15-20-9-14(26-15)17(2,3)4)22-12-18(5,25)13-8-23-24(6)11-13/h8-9,11,25H,7,10,12H2,1-6H3,(H2,19,21,22). The number of aromatic nitrogens is 3. The van der Waals surface area contributed by atoms with Crippen LogP contribution in [-0.2, 0) is 24.6 Å². The smallest absolute Gasteiger partial charge is 0.216 e. The Balaban J connectivity index is 2.01. The summed E-state index contributed by atoms with van der Waals surface area (Å²) in [5.41, 5.74) is -0.404.